The van der Waals surface area contributed by atoms with Crippen molar-refractivity contribution in [2.24, 2.45) is 5.92 Å². The number of phenolic OH excluding ortho intramolecular Hbond substituents is 1. The summed E-state index contributed by atoms with van der Waals surface area (Å²) >= 11 is 0. The molecule has 4 amide bonds. The van der Waals surface area contributed by atoms with E-state index in [1.54, 1.807) is 30.0 Å². The second kappa shape index (κ2) is 6.53. The van der Waals surface area contributed by atoms with Gasteiger partial charge in [0.15, 0.2) is 0 Å². The Morgan fingerprint density at radius 3 is 2.85 bits per heavy atom. The van der Waals surface area contributed by atoms with Gasteiger partial charge < -0.3 is 20.1 Å². The van der Waals surface area contributed by atoms with Crippen LogP contribution in [0.15, 0.2) is 24.3 Å². The minimum Gasteiger partial charge on any atom is -0.508 e. The third-order valence-corrected chi connectivity index (χ3v) is 5.65. The number of benzene rings is 1. The highest BCUT2D eigenvalue weighted by molar-refractivity contribution is 6.09. The van der Waals surface area contributed by atoms with Gasteiger partial charge in [-0.05, 0) is 43.4 Å². The maximum absolute atomic E-state index is 12.7. The number of nitrogens with zero attached hydrogens (tertiary/aromatic N) is 2. The van der Waals surface area contributed by atoms with Gasteiger partial charge in [0.1, 0.15) is 23.9 Å². The normalized spacial score (nSPS) is 28.4. The molecule has 4 rings (SSSR count). The summed E-state index contributed by atoms with van der Waals surface area (Å²) in [5, 5.41) is 12.4. The standard InChI is InChI=1S/C19H23N3O5/c1-19(13-5-6-13)17(25)22(18(26)20-19)11-16(24)21-7-8-27-15(10-21)12-3-2-4-14(23)9-12/h2-4,9,13,15,23H,5-8,10-11H2,1H3,(H,20,26). The molecule has 8 nitrogen and oxygen atoms in total. The Balaban J connectivity index is 1.42. The van der Waals surface area contributed by atoms with Crippen molar-refractivity contribution in [2.45, 2.75) is 31.4 Å². The molecular weight excluding hydrogens is 350 g/mol. The average Bonchev–Trinajstić information content (AvgIpc) is 3.48. The molecule has 3 aliphatic rings. The smallest absolute Gasteiger partial charge is 0.325 e. The fraction of sp³-hybridized carbons (Fsp3) is 0.526. The van der Waals surface area contributed by atoms with Gasteiger partial charge in [-0.2, -0.15) is 0 Å². The number of hydrogen-bond acceptors (Lipinski definition) is 5. The molecule has 144 valence electrons. The molecule has 0 aromatic heterocycles. The van der Waals surface area contributed by atoms with Crippen molar-refractivity contribution in [3.63, 3.8) is 0 Å². The van der Waals surface area contributed by atoms with Crippen molar-refractivity contribution < 1.29 is 24.2 Å². The highest BCUT2D eigenvalue weighted by atomic mass is 16.5. The summed E-state index contributed by atoms with van der Waals surface area (Å²) in [7, 11) is 0. The lowest BCUT2D eigenvalue weighted by Gasteiger charge is -2.34. The van der Waals surface area contributed by atoms with E-state index in [4.69, 9.17) is 4.74 Å². The minimum absolute atomic E-state index is 0.137. The molecule has 3 fully saturated rings. The molecule has 2 heterocycles. The van der Waals surface area contributed by atoms with Crippen molar-refractivity contribution in [1.82, 2.24) is 15.1 Å². The summed E-state index contributed by atoms with van der Waals surface area (Å²) in [6, 6.07) is 6.24. The molecule has 27 heavy (non-hydrogen) atoms. The highest BCUT2D eigenvalue weighted by Gasteiger charge is 2.56. The molecule has 2 aliphatic heterocycles. The largest absolute Gasteiger partial charge is 0.508 e. The van der Waals surface area contributed by atoms with Crippen molar-refractivity contribution in [3.8, 4) is 5.75 Å². The molecule has 2 saturated heterocycles. The zero-order valence-corrected chi connectivity index (χ0v) is 15.2. The second-order valence-corrected chi connectivity index (χ2v) is 7.59. The van der Waals surface area contributed by atoms with Gasteiger partial charge in [-0.25, -0.2) is 4.79 Å². The molecule has 2 unspecified atom stereocenters. The molecular formula is C19H23N3O5. The molecule has 8 heteroatoms. The first-order chi connectivity index (χ1) is 12.9. The second-order valence-electron chi connectivity index (χ2n) is 7.59. The summed E-state index contributed by atoms with van der Waals surface area (Å²) in [4.78, 5) is 40.3. The number of carbonyl (C=O) groups excluding carboxylic acids is 3. The average molecular weight is 373 g/mol. The van der Waals surface area contributed by atoms with E-state index in [0.29, 0.717) is 19.7 Å². The molecule has 0 spiro atoms. The lowest BCUT2D eigenvalue weighted by Crippen LogP contribution is -2.49. The molecule has 1 saturated carbocycles. The van der Waals surface area contributed by atoms with E-state index < -0.39 is 11.6 Å². The number of phenols is 1. The first kappa shape index (κ1) is 17.8. The maximum atomic E-state index is 12.7. The number of urea groups is 1. The zero-order valence-electron chi connectivity index (χ0n) is 15.2. The van der Waals surface area contributed by atoms with Crippen LogP contribution < -0.4 is 5.32 Å². The summed E-state index contributed by atoms with van der Waals surface area (Å²) in [5.41, 5.74) is -0.101. The number of morpholine rings is 1. The fourth-order valence-corrected chi connectivity index (χ4v) is 3.83. The van der Waals surface area contributed by atoms with Crippen LogP contribution in [0.4, 0.5) is 4.79 Å². The highest BCUT2D eigenvalue weighted by Crippen LogP contribution is 2.42. The van der Waals surface area contributed by atoms with Crippen LogP contribution in [0.25, 0.3) is 0 Å². The van der Waals surface area contributed by atoms with E-state index in [2.05, 4.69) is 5.32 Å². The number of rotatable bonds is 4. The Kier molecular flexibility index (Phi) is 4.30. The van der Waals surface area contributed by atoms with Crippen LogP contribution >= 0.6 is 0 Å². The Hall–Kier alpha value is -2.61. The van der Waals surface area contributed by atoms with Crippen molar-refractivity contribution in [2.75, 3.05) is 26.2 Å². The van der Waals surface area contributed by atoms with E-state index in [-0.39, 0.29) is 36.1 Å². The summed E-state index contributed by atoms with van der Waals surface area (Å²) < 4.78 is 5.72. The molecule has 1 aromatic carbocycles. The van der Waals surface area contributed by atoms with Crippen LogP contribution in [0.3, 0.4) is 0 Å². The van der Waals surface area contributed by atoms with Crippen LogP contribution in [-0.4, -0.2) is 64.5 Å². The van der Waals surface area contributed by atoms with Crippen molar-refractivity contribution >= 4 is 17.8 Å². The fourth-order valence-electron chi connectivity index (χ4n) is 3.83. The monoisotopic (exact) mass is 373 g/mol. The molecule has 2 N–H and O–H groups in total. The summed E-state index contributed by atoms with van der Waals surface area (Å²) in [6.07, 6.45) is 1.48. The van der Waals surface area contributed by atoms with Gasteiger partial charge in [-0.1, -0.05) is 12.1 Å². The van der Waals surface area contributed by atoms with Crippen LogP contribution in [0.1, 0.15) is 31.4 Å². The van der Waals surface area contributed by atoms with E-state index in [0.717, 1.165) is 23.3 Å². The van der Waals surface area contributed by atoms with Crippen LogP contribution in [0, 0.1) is 5.92 Å². The molecule has 1 aromatic rings. The van der Waals surface area contributed by atoms with Crippen molar-refractivity contribution in [1.29, 1.82) is 0 Å². The lowest BCUT2D eigenvalue weighted by molar-refractivity contribution is -0.143. The first-order valence-corrected chi connectivity index (χ1v) is 9.21. The van der Waals surface area contributed by atoms with Gasteiger partial charge in [-0.3, -0.25) is 14.5 Å². The summed E-state index contributed by atoms with van der Waals surface area (Å²) in [6.45, 7) is 2.54. The first-order valence-electron chi connectivity index (χ1n) is 9.21. The predicted molar refractivity (Wildman–Crippen MR) is 94.8 cm³/mol. The van der Waals surface area contributed by atoms with E-state index >= 15 is 0 Å². The van der Waals surface area contributed by atoms with Gasteiger partial charge in [0.25, 0.3) is 5.91 Å². The van der Waals surface area contributed by atoms with E-state index in [1.165, 1.54) is 0 Å². The number of carbonyl (C=O) groups is 3. The number of hydrogen-bond donors (Lipinski definition) is 2. The Labute approximate surface area is 157 Å². The van der Waals surface area contributed by atoms with Crippen LogP contribution in [0.5, 0.6) is 5.75 Å². The number of aromatic hydroxyl groups is 1. The van der Waals surface area contributed by atoms with Gasteiger partial charge in [0, 0.05) is 6.54 Å². The number of ether oxygens (including phenoxy) is 1. The van der Waals surface area contributed by atoms with Gasteiger partial charge in [-0.15, -0.1) is 0 Å². The van der Waals surface area contributed by atoms with Crippen LogP contribution in [-0.2, 0) is 14.3 Å². The molecule has 0 bridgehead atoms. The van der Waals surface area contributed by atoms with E-state index in [1.807, 2.05) is 6.07 Å². The lowest BCUT2D eigenvalue weighted by atomic mass is 9.96. The maximum Gasteiger partial charge on any atom is 0.325 e. The number of imide groups is 1. The van der Waals surface area contributed by atoms with Crippen molar-refractivity contribution in [3.05, 3.63) is 29.8 Å². The topological polar surface area (TPSA) is 99.2 Å². The quantitative estimate of drug-likeness (QED) is 0.768. The molecule has 0 radical (unpaired) electrons. The Morgan fingerprint density at radius 2 is 2.15 bits per heavy atom. The third kappa shape index (κ3) is 3.25. The molecule has 2 atom stereocenters. The zero-order chi connectivity index (χ0) is 19.2. The predicted octanol–water partition coefficient (Wildman–Crippen LogP) is 1.01. The minimum atomic E-state index is -0.882. The Morgan fingerprint density at radius 1 is 1.37 bits per heavy atom. The van der Waals surface area contributed by atoms with Gasteiger partial charge >= 0.3 is 6.03 Å². The van der Waals surface area contributed by atoms with E-state index in [9.17, 15) is 19.5 Å². The Bertz CT molecular complexity index is 793. The summed E-state index contributed by atoms with van der Waals surface area (Å²) in [5.74, 6) is -0.307. The van der Waals surface area contributed by atoms with Crippen LogP contribution in [0.2, 0.25) is 0 Å². The third-order valence-electron chi connectivity index (χ3n) is 5.65. The van der Waals surface area contributed by atoms with Gasteiger partial charge in [0.05, 0.1) is 13.2 Å². The number of amides is 4. The number of nitrogens with one attached hydrogen (secondary N) is 1. The SMILES string of the molecule is CC1(C2CC2)NC(=O)N(CC(=O)N2CCOC(c3cccc(O)c3)C2)C1=O. The molecule has 1 aliphatic carbocycles. The van der Waals surface area contributed by atoms with Gasteiger partial charge in [0.2, 0.25) is 5.91 Å².